The van der Waals surface area contributed by atoms with E-state index in [0.717, 1.165) is 25.7 Å². The fourth-order valence-corrected chi connectivity index (χ4v) is 2.84. The summed E-state index contributed by atoms with van der Waals surface area (Å²) in [7, 11) is 0. The summed E-state index contributed by atoms with van der Waals surface area (Å²) in [4.78, 5) is 0. The number of rotatable bonds is 1. The molecule has 0 amide bonds. The third kappa shape index (κ3) is 2.38. The predicted octanol–water partition coefficient (Wildman–Crippen LogP) is 3.73. The fourth-order valence-electron chi connectivity index (χ4n) is 2.84. The van der Waals surface area contributed by atoms with Crippen LogP contribution in [0.1, 0.15) is 51.0 Å². The summed E-state index contributed by atoms with van der Waals surface area (Å²) in [5.41, 5.74) is 6.07. The van der Waals surface area contributed by atoms with E-state index in [2.05, 4.69) is 6.92 Å². The van der Waals surface area contributed by atoms with Crippen LogP contribution < -0.4 is 5.73 Å². The summed E-state index contributed by atoms with van der Waals surface area (Å²) >= 11 is 0. The van der Waals surface area contributed by atoms with Crippen LogP contribution in [0.5, 0.6) is 5.75 Å². The van der Waals surface area contributed by atoms with Gasteiger partial charge in [-0.05, 0) is 24.3 Å². The number of hydrogen-bond donors (Lipinski definition) is 2. The van der Waals surface area contributed by atoms with Gasteiger partial charge in [0.05, 0.1) is 5.69 Å². The highest BCUT2D eigenvalue weighted by atomic mass is 19.1. The van der Waals surface area contributed by atoms with E-state index < -0.39 is 5.82 Å². The van der Waals surface area contributed by atoms with E-state index in [0.29, 0.717) is 5.56 Å². The molecule has 1 aliphatic carbocycles. The van der Waals surface area contributed by atoms with E-state index in [1.807, 2.05) is 0 Å². The second-order valence-electron chi connectivity index (χ2n) is 5.37. The molecule has 0 atom stereocenters. The van der Waals surface area contributed by atoms with Gasteiger partial charge in [0.15, 0.2) is 0 Å². The Morgan fingerprint density at radius 3 is 2.35 bits per heavy atom. The molecule has 17 heavy (non-hydrogen) atoms. The number of halogens is 1. The molecule has 1 aliphatic rings. The summed E-state index contributed by atoms with van der Waals surface area (Å²) in [6, 6.07) is 2.75. The maximum Gasteiger partial charge on any atom is 0.146 e. The van der Waals surface area contributed by atoms with E-state index in [9.17, 15) is 9.50 Å². The number of hydrogen-bond acceptors (Lipinski definition) is 2. The van der Waals surface area contributed by atoms with Gasteiger partial charge in [-0.3, -0.25) is 0 Å². The highest BCUT2D eigenvalue weighted by molar-refractivity contribution is 5.51. The van der Waals surface area contributed by atoms with Crippen molar-refractivity contribution in [3.05, 3.63) is 23.5 Å². The van der Waals surface area contributed by atoms with Crippen LogP contribution in [0.15, 0.2) is 12.1 Å². The van der Waals surface area contributed by atoms with Crippen LogP contribution in [0.25, 0.3) is 0 Å². The zero-order valence-corrected chi connectivity index (χ0v) is 10.3. The molecule has 3 N–H and O–H groups in total. The van der Waals surface area contributed by atoms with Crippen molar-refractivity contribution in [1.82, 2.24) is 0 Å². The smallest absolute Gasteiger partial charge is 0.146 e. The van der Waals surface area contributed by atoms with Crippen molar-refractivity contribution in [1.29, 1.82) is 0 Å². The Bertz CT molecular complexity index is 409. The molecule has 1 saturated carbocycles. The van der Waals surface area contributed by atoms with Gasteiger partial charge in [-0.2, -0.15) is 0 Å². The lowest BCUT2D eigenvalue weighted by atomic mass is 9.75. The zero-order chi connectivity index (χ0) is 12.5. The van der Waals surface area contributed by atoms with Crippen LogP contribution in [0.3, 0.4) is 0 Å². The van der Waals surface area contributed by atoms with Crippen LogP contribution >= 0.6 is 0 Å². The molecule has 0 saturated heterocycles. The third-order valence-corrected chi connectivity index (χ3v) is 3.97. The third-order valence-electron chi connectivity index (χ3n) is 3.97. The van der Waals surface area contributed by atoms with E-state index in [1.165, 1.54) is 25.0 Å². The lowest BCUT2D eigenvalue weighted by molar-refractivity contribution is 0.377. The molecule has 0 unspecified atom stereocenters. The Morgan fingerprint density at radius 2 is 1.76 bits per heavy atom. The molecule has 2 rings (SSSR count). The zero-order valence-electron chi connectivity index (χ0n) is 10.3. The van der Waals surface area contributed by atoms with Crippen molar-refractivity contribution >= 4 is 5.69 Å². The SMILES string of the molecule is CC1(c2cc(F)c(N)cc2O)CCCCCC1. The van der Waals surface area contributed by atoms with Gasteiger partial charge in [-0.1, -0.05) is 32.6 Å². The summed E-state index contributed by atoms with van der Waals surface area (Å²) < 4.78 is 13.5. The number of phenols is 1. The van der Waals surface area contributed by atoms with Crippen LogP contribution in [0.2, 0.25) is 0 Å². The first-order valence-electron chi connectivity index (χ1n) is 6.31. The normalized spacial score (nSPS) is 19.9. The van der Waals surface area contributed by atoms with E-state index >= 15 is 0 Å². The Labute approximate surface area is 102 Å². The molecule has 1 fully saturated rings. The van der Waals surface area contributed by atoms with E-state index in [4.69, 9.17) is 5.73 Å². The number of anilines is 1. The number of nitrogens with two attached hydrogens (primary N) is 1. The van der Waals surface area contributed by atoms with Crippen molar-refractivity contribution in [2.75, 3.05) is 5.73 Å². The monoisotopic (exact) mass is 237 g/mol. The topological polar surface area (TPSA) is 46.2 Å². The quantitative estimate of drug-likeness (QED) is 0.577. The van der Waals surface area contributed by atoms with Crippen LogP contribution in [-0.4, -0.2) is 5.11 Å². The molecule has 0 spiro atoms. The van der Waals surface area contributed by atoms with Crippen molar-refractivity contribution in [2.24, 2.45) is 0 Å². The van der Waals surface area contributed by atoms with Gasteiger partial charge in [0, 0.05) is 11.6 Å². The van der Waals surface area contributed by atoms with Crippen molar-refractivity contribution in [3.8, 4) is 5.75 Å². The first-order chi connectivity index (χ1) is 8.03. The summed E-state index contributed by atoms with van der Waals surface area (Å²) in [5.74, 6) is -0.295. The van der Waals surface area contributed by atoms with Crippen LogP contribution in [0, 0.1) is 5.82 Å². The van der Waals surface area contributed by atoms with Gasteiger partial charge in [0.2, 0.25) is 0 Å². The molecule has 0 aromatic heterocycles. The molecule has 0 heterocycles. The summed E-state index contributed by atoms with van der Waals surface area (Å²) in [5, 5.41) is 9.98. The van der Waals surface area contributed by atoms with E-state index in [-0.39, 0.29) is 16.9 Å². The average molecular weight is 237 g/mol. The Balaban J connectivity index is 2.40. The molecular formula is C14H20FNO. The molecular weight excluding hydrogens is 217 g/mol. The van der Waals surface area contributed by atoms with Gasteiger partial charge >= 0.3 is 0 Å². The summed E-state index contributed by atoms with van der Waals surface area (Å²) in [6.07, 6.45) is 6.75. The van der Waals surface area contributed by atoms with Gasteiger partial charge in [-0.15, -0.1) is 0 Å². The Kier molecular flexibility index (Phi) is 3.27. The molecule has 0 radical (unpaired) electrons. The van der Waals surface area contributed by atoms with Crippen molar-refractivity contribution in [3.63, 3.8) is 0 Å². The first kappa shape index (κ1) is 12.2. The number of aromatic hydroxyl groups is 1. The van der Waals surface area contributed by atoms with Crippen LogP contribution in [0.4, 0.5) is 10.1 Å². The second kappa shape index (κ2) is 4.55. The maximum absolute atomic E-state index is 13.5. The Hall–Kier alpha value is -1.25. The average Bonchev–Trinajstić information content (AvgIpc) is 2.49. The van der Waals surface area contributed by atoms with Crippen molar-refractivity contribution < 1.29 is 9.50 Å². The van der Waals surface area contributed by atoms with Gasteiger partial charge in [-0.25, -0.2) is 4.39 Å². The lowest BCUT2D eigenvalue weighted by Gasteiger charge is -2.29. The lowest BCUT2D eigenvalue weighted by Crippen LogP contribution is -2.21. The largest absolute Gasteiger partial charge is 0.508 e. The minimum absolute atomic E-state index is 0.0171. The molecule has 1 aromatic rings. The van der Waals surface area contributed by atoms with Gasteiger partial charge in [0.25, 0.3) is 0 Å². The number of phenolic OH excluding ortho intramolecular Hbond substituents is 1. The standard InChI is InChI=1S/C14H20FNO/c1-14(6-4-2-3-5-7-14)10-8-11(15)12(16)9-13(10)17/h8-9,17H,2-7,16H2,1H3. The van der Waals surface area contributed by atoms with Gasteiger partial charge in [0.1, 0.15) is 11.6 Å². The Morgan fingerprint density at radius 1 is 1.18 bits per heavy atom. The first-order valence-corrected chi connectivity index (χ1v) is 6.31. The fraction of sp³-hybridized carbons (Fsp3) is 0.571. The molecule has 2 nitrogen and oxygen atoms in total. The minimum atomic E-state index is -0.428. The maximum atomic E-state index is 13.5. The van der Waals surface area contributed by atoms with E-state index in [1.54, 1.807) is 0 Å². The molecule has 0 aliphatic heterocycles. The van der Waals surface area contributed by atoms with Crippen molar-refractivity contribution in [2.45, 2.75) is 50.9 Å². The highest BCUT2D eigenvalue weighted by Gasteiger charge is 2.30. The van der Waals surface area contributed by atoms with Crippen LogP contribution in [-0.2, 0) is 5.41 Å². The second-order valence-corrected chi connectivity index (χ2v) is 5.37. The number of nitrogen functional groups attached to an aromatic ring is 1. The number of benzene rings is 1. The molecule has 1 aromatic carbocycles. The highest BCUT2D eigenvalue weighted by Crippen LogP contribution is 2.42. The molecule has 94 valence electrons. The van der Waals surface area contributed by atoms with Gasteiger partial charge < -0.3 is 10.8 Å². The molecule has 3 heteroatoms. The molecule has 0 bridgehead atoms. The predicted molar refractivity (Wildman–Crippen MR) is 67.5 cm³/mol. The minimum Gasteiger partial charge on any atom is -0.508 e. The summed E-state index contributed by atoms with van der Waals surface area (Å²) in [6.45, 7) is 2.11.